The Hall–Kier alpha value is -1.02. The van der Waals surface area contributed by atoms with Crippen LogP contribution in [0.5, 0.6) is 5.75 Å². The van der Waals surface area contributed by atoms with Crippen molar-refractivity contribution in [2.24, 2.45) is 0 Å². The van der Waals surface area contributed by atoms with Crippen LogP contribution in [-0.4, -0.2) is 24.1 Å². The molecule has 0 unspecified atom stereocenters. The van der Waals surface area contributed by atoms with E-state index in [9.17, 15) is 5.11 Å². The summed E-state index contributed by atoms with van der Waals surface area (Å²) in [7, 11) is 4.16. The molecule has 19 heavy (non-hydrogen) atoms. The minimum atomic E-state index is 0.407. The van der Waals surface area contributed by atoms with Gasteiger partial charge in [0.15, 0.2) is 0 Å². The van der Waals surface area contributed by atoms with Crippen LogP contribution in [0.15, 0.2) is 12.1 Å². The Morgan fingerprint density at radius 2 is 1.42 bits per heavy atom. The first-order chi connectivity index (χ1) is 8.90. The van der Waals surface area contributed by atoms with E-state index in [0.29, 0.717) is 17.6 Å². The van der Waals surface area contributed by atoms with Gasteiger partial charge in [0.05, 0.1) is 0 Å². The van der Waals surface area contributed by atoms with Crippen molar-refractivity contribution < 1.29 is 5.11 Å². The van der Waals surface area contributed by atoms with Crippen LogP contribution >= 0.6 is 0 Å². The van der Waals surface area contributed by atoms with E-state index in [1.165, 1.54) is 5.56 Å². The summed E-state index contributed by atoms with van der Waals surface area (Å²) in [5, 5.41) is 10.5. The highest BCUT2D eigenvalue weighted by Crippen LogP contribution is 2.37. The summed E-state index contributed by atoms with van der Waals surface area (Å²) in [5.74, 6) is 1.33. The maximum absolute atomic E-state index is 10.5. The number of hydrogen-bond acceptors (Lipinski definition) is 2. The van der Waals surface area contributed by atoms with Crippen molar-refractivity contribution in [2.75, 3.05) is 14.1 Å². The molecule has 0 aliphatic heterocycles. The molecule has 0 radical (unpaired) electrons. The van der Waals surface area contributed by atoms with Crippen molar-refractivity contribution in [1.29, 1.82) is 0 Å². The lowest BCUT2D eigenvalue weighted by Gasteiger charge is -2.21. The molecular formula is C17H29NO. The Labute approximate surface area is 118 Å². The first kappa shape index (κ1) is 16.0. The van der Waals surface area contributed by atoms with Gasteiger partial charge >= 0.3 is 0 Å². The van der Waals surface area contributed by atoms with Gasteiger partial charge in [-0.25, -0.2) is 0 Å². The number of nitrogens with zero attached hydrogens (tertiary/aromatic N) is 1. The van der Waals surface area contributed by atoms with E-state index < -0.39 is 0 Å². The number of aromatic hydroxyl groups is 1. The number of rotatable bonds is 6. The predicted molar refractivity (Wildman–Crippen MR) is 82.9 cm³/mol. The van der Waals surface area contributed by atoms with Gasteiger partial charge in [0.1, 0.15) is 5.75 Å². The molecule has 1 N–H and O–H groups in total. The third-order valence-electron chi connectivity index (χ3n) is 4.01. The summed E-state index contributed by atoms with van der Waals surface area (Å²) in [6.45, 7) is 9.65. The van der Waals surface area contributed by atoms with Crippen molar-refractivity contribution in [2.45, 2.75) is 58.9 Å². The SMILES string of the molecule is CC[C@H](C)c1cc(CN(C)C)cc([C@@H](C)CC)c1O. The summed E-state index contributed by atoms with van der Waals surface area (Å²) in [5.41, 5.74) is 3.52. The van der Waals surface area contributed by atoms with Crippen molar-refractivity contribution in [3.05, 3.63) is 28.8 Å². The molecular weight excluding hydrogens is 234 g/mol. The average Bonchev–Trinajstić information content (AvgIpc) is 2.38. The van der Waals surface area contributed by atoms with Gasteiger partial charge in [-0.2, -0.15) is 0 Å². The Bertz CT molecular complexity index is 381. The number of hydrogen-bond donors (Lipinski definition) is 1. The molecule has 1 aromatic carbocycles. The van der Waals surface area contributed by atoms with Gasteiger partial charge in [0.25, 0.3) is 0 Å². The van der Waals surface area contributed by atoms with Crippen LogP contribution in [0.4, 0.5) is 0 Å². The topological polar surface area (TPSA) is 23.5 Å². The van der Waals surface area contributed by atoms with E-state index in [4.69, 9.17) is 0 Å². The summed E-state index contributed by atoms with van der Waals surface area (Å²) in [4.78, 5) is 2.17. The van der Waals surface area contributed by atoms with Crippen LogP contribution in [0, 0.1) is 0 Å². The lowest BCUT2D eigenvalue weighted by Crippen LogP contribution is -2.12. The lowest BCUT2D eigenvalue weighted by atomic mass is 9.88. The molecule has 0 aliphatic carbocycles. The van der Waals surface area contributed by atoms with Gasteiger partial charge in [-0.3, -0.25) is 0 Å². The van der Waals surface area contributed by atoms with Gasteiger partial charge in [-0.05, 0) is 55.5 Å². The zero-order chi connectivity index (χ0) is 14.6. The van der Waals surface area contributed by atoms with E-state index in [-0.39, 0.29) is 0 Å². The standard InChI is InChI=1S/C17H29NO/c1-7-12(3)15-9-14(11-18(5)6)10-16(17(15)19)13(4)8-2/h9-10,12-13,19H,7-8,11H2,1-6H3/t12-,13-/m0/s1. The monoisotopic (exact) mass is 263 g/mol. The van der Waals surface area contributed by atoms with Crippen molar-refractivity contribution in [1.82, 2.24) is 4.90 Å². The maximum Gasteiger partial charge on any atom is 0.122 e. The van der Waals surface area contributed by atoms with Gasteiger partial charge in [-0.1, -0.05) is 39.8 Å². The van der Waals surface area contributed by atoms with Crippen LogP contribution in [0.1, 0.15) is 69.1 Å². The quantitative estimate of drug-likeness (QED) is 0.818. The normalized spacial score (nSPS) is 14.7. The second-order valence-corrected chi connectivity index (χ2v) is 5.98. The molecule has 0 heterocycles. The summed E-state index contributed by atoms with van der Waals surface area (Å²) in [6.07, 6.45) is 2.11. The third-order valence-corrected chi connectivity index (χ3v) is 4.01. The fourth-order valence-electron chi connectivity index (χ4n) is 2.39. The van der Waals surface area contributed by atoms with E-state index in [2.05, 4.69) is 58.8 Å². The van der Waals surface area contributed by atoms with Crippen LogP contribution in [0.3, 0.4) is 0 Å². The minimum absolute atomic E-state index is 0.407. The molecule has 0 aromatic heterocycles. The zero-order valence-corrected chi connectivity index (χ0v) is 13.3. The van der Waals surface area contributed by atoms with E-state index in [1.807, 2.05) is 0 Å². The smallest absolute Gasteiger partial charge is 0.122 e. The summed E-state index contributed by atoms with van der Waals surface area (Å²) in [6, 6.07) is 4.35. The molecule has 2 atom stereocenters. The largest absolute Gasteiger partial charge is 0.507 e. The van der Waals surface area contributed by atoms with E-state index >= 15 is 0 Å². The Morgan fingerprint density at radius 3 is 1.74 bits per heavy atom. The first-order valence-corrected chi connectivity index (χ1v) is 7.41. The molecule has 0 spiro atoms. The molecule has 1 rings (SSSR count). The molecule has 1 aromatic rings. The number of phenolic OH excluding ortho intramolecular Hbond substituents is 1. The molecule has 2 heteroatoms. The van der Waals surface area contributed by atoms with Gasteiger partial charge in [0, 0.05) is 6.54 Å². The number of phenols is 1. The summed E-state index contributed by atoms with van der Waals surface area (Å²) < 4.78 is 0. The fraction of sp³-hybridized carbons (Fsp3) is 0.647. The third kappa shape index (κ3) is 3.97. The molecule has 0 saturated heterocycles. The van der Waals surface area contributed by atoms with Crippen LogP contribution < -0.4 is 0 Å². The Morgan fingerprint density at radius 1 is 1.00 bits per heavy atom. The second-order valence-electron chi connectivity index (χ2n) is 5.98. The van der Waals surface area contributed by atoms with Crippen LogP contribution in [-0.2, 0) is 6.54 Å². The Balaban J connectivity index is 3.29. The average molecular weight is 263 g/mol. The van der Waals surface area contributed by atoms with Crippen LogP contribution in [0.2, 0.25) is 0 Å². The molecule has 108 valence electrons. The first-order valence-electron chi connectivity index (χ1n) is 7.41. The van der Waals surface area contributed by atoms with Gasteiger partial charge < -0.3 is 10.0 Å². The predicted octanol–water partition coefficient (Wildman–Crippen LogP) is 4.48. The van der Waals surface area contributed by atoms with Crippen LogP contribution in [0.25, 0.3) is 0 Å². The molecule has 2 nitrogen and oxygen atoms in total. The van der Waals surface area contributed by atoms with Gasteiger partial charge in [-0.15, -0.1) is 0 Å². The lowest BCUT2D eigenvalue weighted by molar-refractivity contribution is 0.400. The molecule has 0 fully saturated rings. The van der Waals surface area contributed by atoms with Crippen molar-refractivity contribution >= 4 is 0 Å². The second kappa shape index (κ2) is 6.95. The van der Waals surface area contributed by atoms with E-state index in [0.717, 1.165) is 30.5 Å². The molecule has 0 amide bonds. The van der Waals surface area contributed by atoms with Crippen molar-refractivity contribution in [3.63, 3.8) is 0 Å². The highest BCUT2D eigenvalue weighted by atomic mass is 16.3. The molecule has 0 aliphatic rings. The number of benzene rings is 1. The Kier molecular flexibility index (Phi) is 5.86. The molecule has 0 bridgehead atoms. The van der Waals surface area contributed by atoms with Gasteiger partial charge in [0.2, 0.25) is 0 Å². The van der Waals surface area contributed by atoms with Crippen molar-refractivity contribution in [3.8, 4) is 5.75 Å². The fourth-order valence-corrected chi connectivity index (χ4v) is 2.39. The minimum Gasteiger partial charge on any atom is -0.507 e. The summed E-state index contributed by atoms with van der Waals surface area (Å²) >= 11 is 0. The highest BCUT2D eigenvalue weighted by molar-refractivity contribution is 5.47. The zero-order valence-electron chi connectivity index (χ0n) is 13.3. The highest BCUT2D eigenvalue weighted by Gasteiger charge is 2.17. The van der Waals surface area contributed by atoms with E-state index in [1.54, 1.807) is 0 Å². The molecule has 0 saturated carbocycles. The maximum atomic E-state index is 10.5.